The Bertz CT molecular complexity index is 863. The molecule has 0 unspecified atom stereocenters. The van der Waals surface area contributed by atoms with E-state index in [-0.39, 0.29) is 25.0 Å². The lowest BCUT2D eigenvalue weighted by Crippen LogP contribution is -2.38. The van der Waals surface area contributed by atoms with Crippen molar-refractivity contribution in [3.05, 3.63) is 60.7 Å². The summed E-state index contributed by atoms with van der Waals surface area (Å²) in [6.07, 6.45) is 2.55. The normalized spacial score (nSPS) is 12.8. The number of rotatable bonds is 7. The predicted octanol–water partition coefficient (Wildman–Crippen LogP) is 3.18. The Balaban J connectivity index is 1.66. The van der Waals surface area contributed by atoms with E-state index in [0.29, 0.717) is 29.4 Å². The van der Waals surface area contributed by atoms with E-state index in [1.165, 1.54) is 0 Å². The zero-order chi connectivity index (χ0) is 19.2. The number of aryl methyl sites for hydroxylation is 1. The van der Waals surface area contributed by atoms with Gasteiger partial charge in [0.2, 0.25) is 0 Å². The van der Waals surface area contributed by atoms with E-state index < -0.39 is 0 Å². The standard InChI is InChI=1S/C21H22N2O4/c1-3-10-23-18-12-16(8-9-19(18)27-14-21(23)25)22-20(24)13-26-17-7-5-6-15(4-2)11-17/h3,5-9,11-12H,1,4,10,13-14H2,2H3,(H,22,24). The number of carbonyl (C=O) groups excluding carboxylic acids is 2. The van der Waals surface area contributed by atoms with Crippen LogP contribution in [0.4, 0.5) is 11.4 Å². The topological polar surface area (TPSA) is 67.9 Å². The van der Waals surface area contributed by atoms with Crippen molar-refractivity contribution < 1.29 is 19.1 Å². The van der Waals surface area contributed by atoms with Crippen molar-refractivity contribution in [1.82, 2.24) is 0 Å². The third-order valence-electron chi connectivity index (χ3n) is 4.17. The summed E-state index contributed by atoms with van der Waals surface area (Å²) < 4.78 is 11.0. The molecule has 0 saturated heterocycles. The minimum absolute atomic E-state index is 0.00277. The number of benzene rings is 2. The third kappa shape index (κ3) is 4.47. The van der Waals surface area contributed by atoms with E-state index in [0.717, 1.165) is 12.0 Å². The van der Waals surface area contributed by atoms with Crippen molar-refractivity contribution in [3.63, 3.8) is 0 Å². The Morgan fingerprint density at radius 1 is 1.33 bits per heavy atom. The van der Waals surface area contributed by atoms with Gasteiger partial charge in [-0.05, 0) is 42.3 Å². The summed E-state index contributed by atoms with van der Waals surface area (Å²) >= 11 is 0. The number of nitrogens with zero attached hydrogens (tertiary/aromatic N) is 1. The van der Waals surface area contributed by atoms with Crippen molar-refractivity contribution in [2.75, 3.05) is 30.0 Å². The second-order valence-electron chi connectivity index (χ2n) is 6.10. The zero-order valence-corrected chi connectivity index (χ0v) is 15.2. The highest BCUT2D eigenvalue weighted by molar-refractivity contribution is 6.00. The summed E-state index contributed by atoms with van der Waals surface area (Å²) in [7, 11) is 0. The Morgan fingerprint density at radius 2 is 2.19 bits per heavy atom. The maximum atomic E-state index is 12.2. The van der Waals surface area contributed by atoms with E-state index in [4.69, 9.17) is 9.47 Å². The van der Waals surface area contributed by atoms with Gasteiger partial charge < -0.3 is 19.7 Å². The van der Waals surface area contributed by atoms with Crippen molar-refractivity contribution in [3.8, 4) is 11.5 Å². The molecule has 0 atom stereocenters. The van der Waals surface area contributed by atoms with Gasteiger partial charge >= 0.3 is 0 Å². The molecule has 1 heterocycles. The maximum Gasteiger partial charge on any atom is 0.265 e. The fraction of sp³-hybridized carbons (Fsp3) is 0.238. The molecule has 3 rings (SSSR count). The smallest absolute Gasteiger partial charge is 0.265 e. The number of carbonyl (C=O) groups is 2. The first-order valence-corrected chi connectivity index (χ1v) is 8.80. The molecule has 140 valence electrons. The molecular formula is C21H22N2O4. The van der Waals surface area contributed by atoms with Crippen LogP contribution in [0.5, 0.6) is 11.5 Å². The van der Waals surface area contributed by atoms with Crippen LogP contribution in [-0.2, 0) is 16.0 Å². The van der Waals surface area contributed by atoms with Gasteiger partial charge in [0.1, 0.15) is 11.5 Å². The van der Waals surface area contributed by atoms with Gasteiger partial charge in [-0.1, -0.05) is 25.1 Å². The zero-order valence-electron chi connectivity index (χ0n) is 15.2. The van der Waals surface area contributed by atoms with Crippen molar-refractivity contribution >= 4 is 23.2 Å². The van der Waals surface area contributed by atoms with Gasteiger partial charge in [-0.2, -0.15) is 0 Å². The van der Waals surface area contributed by atoms with Crippen LogP contribution in [0.1, 0.15) is 12.5 Å². The number of anilines is 2. The third-order valence-corrected chi connectivity index (χ3v) is 4.17. The molecule has 0 spiro atoms. The van der Waals surface area contributed by atoms with Crippen molar-refractivity contribution in [2.24, 2.45) is 0 Å². The van der Waals surface area contributed by atoms with Crippen LogP contribution in [0.15, 0.2) is 55.1 Å². The van der Waals surface area contributed by atoms with Gasteiger partial charge in [0.25, 0.3) is 11.8 Å². The molecule has 2 aromatic rings. The first-order chi connectivity index (χ1) is 13.1. The monoisotopic (exact) mass is 366 g/mol. The average molecular weight is 366 g/mol. The van der Waals surface area contributed by atoms with Crippen LogP contribution >= 0.6 is 0 Å². The Hall–Kier alpha value is -3.28. The number of hydrogen-bond acceptors (Lipinski definition) is 4. The van der Waals surface area contributed by atoms with E-state index in [9.17, 15) is 9.59 Å². The minimum Gasteiger partial charge on any atom is -0.484 e. The Kier molecular flexibility index (Phi) is 5.76. The van der Waals surface area contributed by atoms with E-state index >= 15 is 0 Å². The molecule has 2 amide bonds. The highest BCUT2D eigenvalue weighted by atomic mass is 16.5. The van der Waals surface area contributed by atoms with Crippen LogP contribution in [0, 0.1) is 0 Å². The van der Waals surface area contributed by atoms with Gasteiger partial charge in [0, 0.05) is 12.2 Å². The Morgan fingerprint density at radius 3 is 2.96 bits per heavy atom. The molecule has 0 bridgehead atoms. The van der Waals surface area contributed by atoms with Gasteiger partial charge in [0.05, 0.1) is 5.69 Å². The van der Waals surface area contributed by atoms with Gasteiger partial charge in [-0.25, -0.2) is 0 Å². The molecule has 0 aliphatic carbocycles. The van der Waals surface area contributed by atoms with E-state index in [1.54, 1.807) is 29.2 Å². The van der Waals surface area contributed by atoms with Crippen LogP contribution in [0.25, 0.3) is 0 Å². The molecule has 0 aromatic heterocycles. The van der Waals surface area contributed by atoms with Gasteiger partial charge in [-0.3, -0.25) is 9.59 Å². The largest absolute Gasteiger partial charge is 0.484 e. The lowest BCUT2D eigenvalue weighted by atomic mass is 10.2. The fourth-order valence-corrected chi connectivity index (χ4v) is 2.81. The summed E-state index contributed by atoms with van der Waals surface area (Å²) in [6, 6.07) is 12.8. The lowest BCUT2D eigenvalue weighted by molar-refractivity contribution is -0.121. The van der Waals surface area contributed by atoms with E-state index in [2.05, 4.69) is 18.8 Å². The minimum atomic E-state index is -0.282. The van der Waals surface area contributed by atoms with Crippen LogP contribution in [0.2, 0.25) is 0 Å². The number of amides is 2. The number of hydrogen-bond donors (Lipinski definition) is 1. The van der Waals surface area contributed by atoms with E-state index in [1.807, 2.05) is 24.3 Å². The van der Waals surface area contributed by atoms with Crippen LogP contribution in [-0.4, -0.2) is 31.6 Å². The quantitative estimate of drug-likeness (QED) is 0.764. The summed E-state index contributed by atoms with van der Waals surface area (Å²) in [5, 5.41) is 2.79. The van der Waals surface area contributed by atoms with Crippen LogP contribution in [0.3, 0.4) is 0 Å². The van der Waals surface area contributed by atoms with Crippen molar-refractivity contribution in [2.45, 2.75) is 13.3 Å². The Labute approximate surface area is 158 Å². The number of fused-ring (bicyclic) bond motifs is 1. The maximum absolute atomic E-state index is 12.2. The molecule has 27 heavy (non-hydrogen) atoms. The first-order valence-electron chi connectivity index (χ1n) is 8.80. The molecule has 6 nitrogen and oxygen atoms in total. The average Bonchev–Trinajstić information content (AvgIpc) is 2.69. The second-order valence-corrected chi connectivity index (χ2v) is 6.10. The highest BCUT2D eigenvalue weighted by Gasteiger charge is 2.25. The van der Waals surface area contributed by atoms with Gasteiger partial charge in [0.15, 0.2) is 13.2 Å². The molecule has 1 aliphatic heterocycles. The molecule has 1 aliphatic rings. The molecule has 1 N–H and O–H groups in total. The van der Waals surface area contributed by atoms with Gasteiger partial charge in [-0.15, -0.1) is 6.58 Å². The molecule has 6 heteroatoms. The number of ether oxygens (including phenoxy) is 2. The second kappa shape index (κ2) is 8.40. The summed E-state index contributed by atoms with van der Waals surface area (Å²) in [5.74, 6) is 0.827. The molecule has 2 aromatic carbocycles. The first kappa shape index (κ1) is 18.5. The summed E-state index contributed by atoms with van der Waals surface area (Å²) in [4.78, 5) is 25.8. The van der Waals surface area contributed by atoms with Crippen molar-refractivity contribution in [1.29, 1.82) is 0 Å². The summed E-state index contributed by atoms with van der Waals surface area (Å²) in [5.41, 5.74) is 2.33. The number of nitrogens with one attached hydrogen (secondary N) is 1. The summed E-state index contributed by atoms with van der Waals surface area (Å²) in [6.45, 7) is 6.01. The highest BCUT2D eigenvalue weighted by Crippen LogP contribution is 2.34. The lowest BCUT2D eigenvalue weighted by Gasteiger charge is -2.28. The predicted molar refractivity (Wildman–Crippen MR) is 104 cm³/mol. The molecule has 0 radical (unpaired) electrons. The molecular weight excluding hydrogens is 344 g/mol. The molecule has 0 fully saturated rings. The molecule has 0 saturated carbocycles. The van der Waals surface area contributed by atoms with Crippen LogP contribution < -0.4 is 19.7 Å². The SMILES string of the molecule is C=CCN1C(=O)COc2ccc(NC(=O)COc3cccc(CC)c3)cc21. The fourth-order valence-electron chi connectivity index (χ4n) is 2.81.